The van der Waals surface area contributed by atoms with Gasteiger partial charge in [-0.05, 0) is 26.3 Å². The average Bonchev–Trinajstić information content (AvgIpc) is 1.84. The maximum Gasteiger partial charge on any atom is 0.162 e. The van der Waals surface area contributed by atoms with Crippen LogP contribution in [0.4, 0.5) is 0 Å². The second-order valence-electron chi connectivity index (χ2n) is 2.05. The molecule has 0 aliphatic heterocycles. The third-order valence-electron chi connectivity index (χ3n) is 1.27. The van der Waals surface area contributed by atoms with Gasteiger partial charge < -0.3 is 5.11 Å². The lowest BCUT2D eigenvalue weighted by atomic mass is 10.1. The number of ketones is 1. The zero-order valence-corrected chi connectivity index (χ0v) is 6.01. The van der Waals surface area contributed by atoms with Gasteiger partial charge in [0, 0.05) is 0 Å². The highest BCUT2D eigenvalue weighted by Crippen LogP contribution is 2.00. The van der Waals surface area contributed by atoms with Crippen molar-refractivity contribution in [1.29, 1.82) is 0 Å². The largest absolute Gasteiger partial charge is 0.381 e. The first-order valence-corrected chi connectivity index (χ1v) is 2.91. The number of hydrogen-bond acceptors (Lipinski definition) is 2. The van der Waals surface area contributed by atoms with E-state index in [-0.39, 0.29) is 5.78 Å². The van der Waals surface area contributed by atoms with Crippen LogP contribution >= 0.6 is 0 Å². The summed E-state index contributed by atoms with van der Waals surface area (Å²) in [6.45, 7) is 4.89. The molecule has 1 atom stereocenters. The van der Waals surface area contributed by atoms with Crippen molar-refractivity contribution >= 4 is 5.78 Å². The molecule has 52 valence electrons. The Balaban J connectivity index is 4.04. The predicted octanol–water partition coefficient (Wildman–Crippen LogP) is 0.903. The fraction of sp³-hybridized carbons (Fsp3) is 0.571. The number of aliphatic hydroxyl groups is 1. The monoisotopic (exact) mass is 128 g/mol. The van der Waals surface area contributed by atoms with Gasteiger partial charge in [-0.1, -0.05) is 6.08 Å². The molecule has 0 aliphatic carbocycles. The molecular formula is C7H12O2. The maximum atomic E-state index is 10.5. The first kappa shape index (κ1) is 8.37. The Hall–Kier alpha value is -0.630. The summed E-state index contributed by atoms with van der Waals surface area (Å²) in [6, 6.07) is 0. The molecule has 0 aromatic carbocycles. The highest BCUT2D eigenvalue weighted by Gasteiger charge is 2.09. The number of hydrogen-bond donors (Lipinski definition) is 1. The minimum absolute atomic E-state index is 0.203. The van der Waals surface area contributed by atoms with Crippen LogP contribution in [0.1, 0.15) is 20.8 Å². The van der Waals surface area contributed by atoms with Gasteiger partial charge in [0.05, 0.1) is 0 Å². The number of carbonyl (C=O) groups is 1. The standard InChI is InChI=1S/C7H12O2/c1-4-5(2)7(9)6(3)8/h4,7,9H,1-3H3/b5-4+. The van der Waals surface area contributed by atoms with Crippen molar-refractivity contribution in [3.8, 4) is 0 Å². The van der Waals surface area contributed by atoms with Crippen LogP contribution in [-0.2, 0) is 4.79 Å². The highest BCUT2D eigenvalue weighted by molar-refractivity contribution is 5.83. The molecule has 1 unspecified atom stereocenters. The van der Waals surface area contributed by atoms with Crippen molar-refractivity contribution in [1.82, 2.24) is 0 Å². The second kappa shape index (κ2) is 3.41. The van der Waals surface area contributed by atoms with E-state index in [4.69, 9.17) is 5.11 Å². The highest BCUT2D eigenvalue weighted by atomic mass is 16.3. The topological polar surface area (TPSA) is 37.3 Å². The molecule has 0 radical (unpaired) electrons. The molecule has 0 heterocycles. The van der Waals surface area contributed by atoms with E-state index in [2.05, 4.69) is 0 Å². The van der Waals surface area contributed by atoms with E-state index in [1.54, 1.807) is 19.9 Å². The minimum atomic E-state index is -0.894. The molecular weight excluding hydrogens is 116 g/mol. The van der Waals surface area contributed by atoms with E-state index in [0.717, 1.165) is 0 Å². The molecule has 0 spiro atoms. The van der Waals surface area contributed by atoms with Crippen molar-refractivity contribution in [2.75, 3.05) is 0 Å². The summed E-state index contributed by atoms with van der Waals surface area (Å²) in [6.07, 6.45) is 0.835. The van der Waals surface area contributed by atoms with Gasteiger partial charge >= 0.3 is 0 Å². The van der Waals surface area contributed by atoms with E-state index in [1.165, 1.54) is 6.92 Å². The summed E-state index contributed by atoms with van der Waals surface area (Å²) in [7, 11) is 0. The number of rotatable bonds is 2. The Kier molecular flexibility index (Phi) is 3.17. The lowest BCUT2D eigenvalue weighted by Crippen LogP contribution is -2.17. The van der Waals surface area contributed by atoms with Crippen molar-refractivity contribution in [3.63, 3.8) is 0 Å². The van der Waals surface area contributed by atoms with E-state index in [1.807, 2.05) is 0 Å². The van der Waals surface area contributed by atoms with Gasteiger partial charge in [0.2, 0.25) is 0 Å². The molecule has 0 aromatic heterocycles. The first-order valence-electron chi connectivity index (χ1n) is 2.91. The fourth-order valence-corrected chi connectivity index (χ4v) is 0.478. The van der Waals surface area contributed by atoms with Crippen molar-refractivity contribution in [2.45, 2.75) is 26.9 Å². The van der Waals surface area contributed by atoms with Crippen LogP contribution in [0.3, 0.4) is 0 Å². The molecule has 0 bridgehead atoms. The summed E-state index contributed by atoms with van der Waals surface area (Å²) in [4.78, 5) is 10.5. The fourth-order valence-electron chi connectivity index (χ4n) is 0.478. The summed E-state index contributed by atoms with van der Waals surface area (Å²) < 4.78 is 0. The lowest BCUT2D eigenvalue weighted by molar-refractivity contribution is -0.123. The SMILES string of the molecule is C/C=C(\C)C(O)C(C)=O. The van der Waals surface area contributed by atoms with Gasteiger partial charge in [0.25, 0.3) is 0 Å². The summed E-state index contributed by atoms with van der Waals surface area (Å²) in [5, 5.41) is 8.98. The molecule has 0 amide bonds. The zero-order valence-electron chi connectivity index (χ0n) is 6.01. The molecule has 1 N–H and O–H groups in total. The van der Waals surface area contributed by atoms with Gasteiger partial charge in [-0.2, -0.15) is 0 Å². The molecule has 0 fully saturated rings. The summed E-state index contributed by atoms with van der Waals surface area (Å²) in [5.74, 6) is -0.203. The molecule has 0 aliphatic rings. The third-order valence-corrected chi connectivity index (χ3v) is 1.27. The molecule has 9 heavy (non-hydrogen) atoms. The quantitative estimate of drug-likeness (QED) is 0.561. The van der Waals surface area contributed by atoms with Gasteiger partial charge in [0.1, 0.15) is 6.10 Å². The molecule has 2 nitrogen and oxygen atoms in total. The summed E-state index contributed by atoms with van der Waals surface area (Å²) in [5.41, 5.74) is 0.711. The van der Waals surface area contributed by atoms with Crippen LogP contribution in [0.15, 0.2) is 11.6 Å². The Morgan fingerprint density at radius 2 is 2.00 bits per heavy atom. The Bertz CT molecular complexity index is 136. The van der Waals surface area contributed by atoms with Crippen LogP contribution < -0.4 is 0 Å². The Morgan fingerprint density at radius 3 is 2.11 bits per heavy atom. The normalized spacial score (nSPS) is 15.3. The minimum Gasteiger partial charge on any atom is -0.381 e. The first-order chi connectivity index (χ1) is 4.09. The molecule has 0 aromatic rings. The van der Waals surface area contributed by atoms with Crippen LogP contribution in [0.25, 0.3) is 0 Å². The molecule has 0 saturated carbocycles. The molecule has 2 heteroatoms. The van der Waals surface area contributed by atoms with Crippen LogP contribution in [-0.4, -0.2) is 17.0 Å². The zero-order chi connectivity index (χ0) is 7.44. The Morgan fingerprint density at radius 1 is 1.56 bits per heavy atom. The van der Waals surface area contributed by atoms with E-state index in [0.29, 0.717) is 5.57 Å². The predicted molar refractivity (Wildman–Crippen MR) is 36.1 cm³/mol. The number of aliphatic hydroxyl groups excluding tert-OH is 1. The van der Waals surface area contributed by atoms with Gasteiger partial charge in [-0.3, -0.25) is 4.79 Å². The molecule has 0 saturated heterocycles. The average molecular weight is 128 g/mol. The van der Waals surface area contributed by atoms with Crippen molar-refractivity contribution < 1.29 is 9.90 Å². The van der Waals surface area contributed by atoms with E-state index in [9.17, 15) is 4.79 Å². The summed E-state index contributed by atoms with van der Waals surface area (Å²) >= 11 is 0. The van der Waals surface area contributed by atoms with Crippen LogP contribution in [0.2, 0.25) is 0 Å². The molecule has 0 rings (SSSR count). The Labute approximate surface area is 55.2 Å². The van der Waals surface area contributed by atoms with Crippen molar-refractivity contribution in [3.05, 3.63) is 11.6 Å². The van der Waals surface area contributed by atoms with Gasteiger partial charge in [-0.25, -0.2) is 0 Å². The lowest BCUT2D eigenvalue weighted by Gasteiger charge is -2.04. The van der Waals surface area contributed by atoms with Crippen molar-refractivity contribution in [2.24, 2.45) is 0 Å². The van der Waals surface area contributed by atoms with Gasteiger partial charge in [-0.15, -0.1) is 0 Å². The van der Waals surface area contributed by atoms with Crippen LogP contribution in [0.5, 0.6) is 0 Å². The van der Waals surface area contributed by atoms with E-state index < -0.39 is 6.10 Å². The van der Waals surface area contributed by atoms with Gasteiger partial charge in [0.15, 0.2) is 5.78 Å². The second-order valence-corrected chi connectivity index (χ2v) is 2.05. The number of carbonyl (C=O) groups excluding carboxylic acids is 1. The maximum absolute atomic E-state index is 10.5. The smallest absolute Gasteiger partial charge is 0.162 e. The van der Waals surface area contributed by atoms with Crippen LogP contribution in [0, 0.1) is 0 Å². The third kappa shape index (κ3) is 2.42. The number of Topliss-reactive ketones (excluding diaryl/α,β-unsaturated/α-hetero) is 1. The van der Waals surface area contributed by atoms with E-state index >= 15 is 0 Å². The number of allylic oxidation sites excluding steroid dienone is 1.